The van der Waals surface area contributed by atoms with E-state index in [1.807, 2.05) is 0 Å². The highest BCUT2D eigenvalue weighted by Gasteiger charge is 2.35. The van der Waals surface area contributed by atoms with Crippen LogP contribution < -0.4 is 0 Å². The van der Waals surface area contributed by atoms with Crippen LogP contribution in [0.5, 0.6) is 0 Å². The van der Waals surface area contributed by atoms with E-state index < -0.39 is 17.0 Å². The third-order valence-electron chi connectivity index (χ3n) is 1.96. The molecule has 17 heavy (non-hydrogen) atoms. The predicted molar refractivity (Wildman–Crippen MR) is 54.0 cm³/mol. The molecule has 0 fully saturated rings. The molecular formula is C10H6F3NO2S. The summed E-state index contributed by atoms with van der Waals surface area (Å²) in [4.78, 5) is 14.9. The third kappa shape index (κ3) is 2.38. The van der Waals surface area contributed by atoms with E-state index in [0.717, 1.165) is 6.20 Å². The second-order valence-electron chi connectivity index (χ2n) is 3.30. The summed E-state index contributed by atoms with van der Waals surface area (Å²) in [6.07, 6.45) is -2.38. The van der Waals surface area contributed by atoms with Gasteiger partial charge in [-0.05, 0) is 13.0 Å². The van der Waals surface area contributed by atoms with Crippen molar-refractivity contribution in [2.24, 2.45) is 0 Å². The van der Waals surface area contributed by atoms with E-state index in [1.165, 1.54) is 12.3 Å². The summed E-state index contributed by atoms with van der Waals surface area (Å²) in [5.41, 5.74) is 0.222. The molecule has 0 aliphatic carbocycles. The first kappa shape index (κ1) is 11.8. The first-order chi connectivity index (χ1) is 7.88. The van der Waals surface area contributed by atoms with E-state index in [1.54, 1.807) is 6.92 Å². The zero-order valence-electron chi connectivity index (χ0n) is 8.54. The van der Waals surface area contributed by atoms with Gasteiger partial charge in [-0.15, -0.1) is 11.3 Å². The SMILES string of the molecule is Cc1cc(C(=O)c2cnc(C(F)(F)F)s2)co1. The fourth-order valence-corrected chi connectivity index (χ4v) is 1.96. The second kappa shape index (κ2) is 3.99. The first-order valence-corrected chi connectivity index (χ1v) is 5.32. The van der Waals surface area contributed by atoms with Crippen LogP contribution in [0.15, 0.2) is 22.9 Å². The van der Waals surface area contributed by atoms with E-state index in [0.29, 0.717) is 17.1 Å². The molecule has 2 rings (SSSR count). The summed E-state index contributed by atoms with van der Waals surface area (Å²) in [6, 6.07) is 1.47. The van der Waals surface area contributed by atoms with Gasteiger partial charge in [0.15, 0.2) is 5.01 Å². The van der Waals surface area contributed by atoms with Crippen molar-refractivity contribution in [1.29, 1.82) is 0 Å². The molecule has 2 aromatic heterocycles. The van der Waals surface area contributed by atoms with E-state index in [2.05, 4.69) is 4.98 Å². The Morgan fingerprint density at radius 2 is 2.18 bits per heavy atom. The van der Waals surface area contributed by atoms with Crippen LogP contribution >= 0.6 is 11.3 Å². The molecule has 0 aromatic carbocycles. The molecule has 90 valence electrons. The fourth-order valence-electron chi connectivity index (χ4n) is 1.21. The molecule has 0 unspecified atom stereocenters. The van der Waals surface area contributed by atoms with Crippen molar-refractivity contribution in [3.8, 4) is 0 Å². The van der Waals surface area contributed by atoms with Crippen molar-refractivity contribution >= 4 is 17.1 Å². The van der Waals surface area contributed by atoms with Gasteiger partial charge in [0.05, 0.1) is 10.4 Å². The van der Waals surface area contributed by atoms with Gasteiger partial charge >= 0.3 is 6.18 Å². The van der Waals surface area contributed by atoms with Crippen LogP contribution in [0.2, 0.25) is 0 Å². The lowest BCUT2D eigenvalue weighted by atomic mass is 10.2. The van der Waals surface area contributed by atoms with E-state index in [9.17, 15) is 18.0 Å². The Bertz CT molecular complexity index is 556. The Hall–Kier alpha value is -1.63. The number of halogens is 3. The maximum atomic E-state index is 12.3. The van der Waals surface area contributed by atoms with Gasteiger partial charge in [-0.1, -0.05) is 0 Å². The fraction of sp³-hybridized carbons (Fsp3) is 0.200. The van der Waals surface area contributed by atoms with Gasteiger partial charge in [0.1, 0.15) is 12.0 Å². The van der Waals surface area contributed by atoms with Gasteiger partial charge in [-0.3, -0.25) is 4.79 Å². The molecule has 0 N–H and O–H groups in total. The number of thiazole rings is 1. The maximum Gasteiger partial charge on any atom is 0.443 e. The van der Waals surface area contributed by atoms with Crippen molar-refractivity contribution in [2.75, 3.05) is 0 Å². The minimum atomic E-state index is -4.52. The monoisotopic (exact) mass is 261 g/mol. The number of ketones is 1. The molecule has 0 atom stereocenters. The Kier molecular flexibility index (Phi) is 2.78. The largest absolute Gasteiger partial charge is 0.469 e. The lowest BCUT2D eigenvalue weighted by molar-refractivity contribution is -0.137. The normalized spacial score (nSPS) is 11.8. The number of rotatable bonds is 2. The smallest absolute Gasteiger partial charge is 0.443 e. The summed E-state index contributed by atoms with van der Waals surface area (Å²) in [5.74, 6) is 0.00348. The Balaban J connectivity index is 2.30. The number of aromatic nitrogens is 1. The lowest BCUT2D eigenvalue weighted by Gasteiger charge is -1.98. The summed E-state index contributed by atoms with van der Waals surface area (Å²) >= 11 is 0.325. The molecule has 0 saturated heterocycles. The Labute approximate surface area is 97.9 Å². The number of hydrogen-bond donors (Lipinski definition) is 0. The molecule has 3 nitrogen and oxygen atoms in total. The van der Waals surface area contributed by atoms with Crippen LogP contribution in [0, 0.1) is 6.92 Å². The highest BCUT2D eigenvalue weighted by Crippen LogP contribution is 2.33. The van der Waals surface area contributed by atoms with E-state index in [4.69, 9.17) is 4.42 Å². The van der Waals surface area contributed by atoms with Crippen molar-refractivity contribution in [3.63, 3.8) is 0 Å². The molecule has 0 spiro atoms. The molecule has 0 aliphatic heterocycles. The number of furan rings is 1. The average molecular weight is 261 g/mol. The number of alkyl halides is 3. The highest BCUT2D eigenvalue weighted by atomic mass is 32.1. The number of hydrogen-bond acceptors (Lipinski definition) is 4. The molecule has 0 bridgehead atoms. The maximum absolute atomic E-state index is 12.3. The van der Waals surface area contributed by atoms with Gasteiger partial charge < -0.3 is 4.42 Å². The number of nitrogens with zero attached hydrogens (tertiary/aromatic N) is 1. The Morgan fingerprint density at radius 3 is 2.65 bits per heavy atom. The van der Waals surface area contributed by atoms with Crippen LogP contribution in [-0.2, 0) is 6.18 Å². The summed E-state index contributed by atoms with van der Waals surface area (Å²) < 4.78 is 41.8. The van der Waals surface area contributed by atoms with Crippen LogP contribution in [0.4, 0.5) is 13.2 Å². The van der Waals surface area contributed by atoms with Crippen molar-refractivity contribution < 1.29 is 22.4 Å². The highest BCUT2D eigenvalue weighted by molar-refractivity contribution is 7.13. The molecule has 2 aromatic rings. The molecule has 7 heteroatoms. The standard InChI is InChI=1S/C10H6F3NO2S/c1-5-2-6(4-16-5)8(15)7-3-14-9(17-7)10(11,12)13/h2-4H,1H3. The molecule has 0 amide bonds. The van der Waals surface area contributed by atoms with Gasteiger partial charge in [0.25, 0.3) is 0 Å². The third-order valence-corrected chi connectivity index (χ3v) is 3.01. The molecule has 0 aliphatic rings. The zero-order chi connectivity index (χ0) is 12.6. The molecular weight excluding hydrogens is 255 g/mol. The van der Waals surface area contributed by atoms with Crippen molar-refractivity contribution in [3.05, 3.63) is 39.7 Å². The van der Waals surface area contributed by atoms with Gasteiger partial charge in [-0.2, -0.15) is 13.2 Å². The summed E-state index contributed by atoms with van der Waals surface area (Å²) in [6.45, 7) is 1.64. The molecule has 0 saturated carbocycles. The quantitative estimate of drug-likeness (QED) is 0.779. The van der Waals surface area contributed by atoms with E-state index in [-0.39, 0.29) is 10.4 Å². The topological polar surface area (TPSA) is 43.1 Å². The zero-order valence-corrected chi connectivity index (χ0v) is 9.35. The van der Waals surface area contributed by atoms with Crippen LogP contribution in [0.25, 0.3) is 0 Å². The van der Waals surface area contributed by atoms with Gasteiger partial charge in [0, 0.05) is 6.20 Å². The summed E-state index contributed by atoms with van der Waals surface area (Å²) in [7, 11) is 0. The van der Waals surface area contributed by atoms with E-state index >= 15 is 0 Å². The van der Waals surface area contributed by atoms with Crippen molar-refractivity contribution in [2.45, 2.75) is 13.1 Å². The predicted octanol–water partition coefficient (Wildman–Crippen LogP) is 3.29. The number of carbonyl (C=O) groups excluding carboxylic acids is 1. The first-order valence-electron chi connectivity index (χ1n) is 4.51. The van der Waals surface area contributed by atoms with Gasteiger partial charge in [0.2, 0.25) is 5.78 Å². The second-order valence-corrected chi connectivity index (χ2v) is 4.33. The lowest BCUT2D eigenvalue weighted by Crippen LogP contribution is -2.03. The van der Waals surface area contributed by atoms with Crippen LogP contribution in [0.1, 0.15) is 26.0 Å². The number of carbonyl (C=O) groups is 1. The Morgan fingerprint density at radius 1 is 1.47 bits per heavy atom. The van der Waals surface area contributed by atoms with Gasteiger partial charge in [-0.25, -0.2) is 4.98 Å². The molecule has 2 heterocycles. The summed E-state index contributed by atoms with van der Waals surface area (Å²) in [5, 5.41) is -1.03. The minimum absolute atomic E-state index is 0.0573. The molecule has 0 radical (unpaired) electrons. The minimum Gasteiger partial charge on any atom is -0.469 e. The average Bonchev–Trinajstić information content (AvgIpc) is 2.83. The number of aryl methyl sites for hydroxylation is 1. The van der Waals surface area contributed by atoms with Crippen LogP contribution in [-0.4, -0.2) is 10.8 Å². The van der Waals surface area contributed by atoms with Crippen molar-refractivity contribution in [1.82, 2.24) is 4.98 Å². The van der Waals surface area contributed by atoms with Crippen LogP contribution in [0.3, 0.4) is 0 Å².